The maximum atomic E-state index is 13.1. The molecule has 2 aromatic carbocycles. The Labute approximate surface area is 150 Å². The molecule has 0 N–H and O–H groups in total. The lowest BCUT2D eigenvalue weighted by Gasteiger charge is -2.29. The van der Waals surface area contributed by atoms with Crippen LogP contribution in [0.3, 0.4) is 0 Å². The van der Waals surface area contributed by atoms with Crippen molar-refractivity contribution >= 4 is 5.91 Å². The first-order chi connectivity index (χ1) is 12.0. The number of likely N-dealkylation sites (N-methyl/N-ethyl adjacent to an activating group) is 1. The minimum absolute atomic E-state index is 0.0706. The zero-order valence-electron chi connectivity index (χ0n) is 15.3. The van der Waals surface area contributed by atoms with Gasteiger partial charge < -0.3 is 4.90 Å². The van der Waals surface area contributed by atoms with Gasteiger partial charge in [0.2, 0.25) is 5.91 Å². The number of benzene rings is 2. The van der Waals surface area contributed by atoms with Crippen molar-refractivity contribution in [1.29, 1.82) is 0 Å². The van der Waals surface area contributed by atoms with Crippen LogP contribution in [0.15, 0.2) is 54.6 Å². The summed E-state index contributed by atoms with van der Waals surface area (Å²) >= 11 is 0. The Bertz CT molecular complexity index is 657. The van der Waals surface area contributed by atoms with Crippen LogP contribution < -0.4 is 0 Å². The summed E-state index contributed by atoms with van der Waals surface area (Å²) in [7, 11) is 1.81. The van der Waals surface area contributed by atoms with Gasteiger partial charge in [0.1, 0.15) is 5.82 Å². The number of carbonyl (C=O) groups is 1. The van der Waals surface area contributed by atoms with E-state index in [1.165, 1.54) is 17.7 Å². The highest BCUT2D eigenvalue weighted by atomic mass is 19.1. The maximum Gasteiger partial charge on any atom is 0.237 e. The van der Waals surface area contributed by atoms with Crippen LogP contribution in [0, 0.1) is 5.82 Å². The van der Waals surface area contributed by atoms with Crippen LogP contribution in [0.1, 0.15) is 37.4 Å². The number of halogens is 1. The van der Waals surface area contributed by atoms with Gasteiger partial charge in [-0.2, -0.15) is 0 Å². The summed E-state index contributed by atoms with van der Waals surface area (Å²) in [6.45, 7) is 6.10. The zero-order valence-corrected chi connectivity index (χ0v) is 15.3. The second-order valence-electron chi connectivity index (χ2n) is 6.43. The SMILES string of the molecule is CCCN(CC(=O)N(C)C(C)c1ccc(F)cc1)Cc1ccccc1. The van der Waals surface area contributed by atoms with Crippen molar-refractivity contribution in [2.24, 2.45) is 0 Å². The monoisotopic (exact) mass is 342 g/mol. The van der Waals surface area contributed by atoms with Crippen molar-refractivity contribution in [3.63, 3.8) is 0 Å². The number of carbonyl (C=O) groups excluding carboxylic acids is 1. The Morgan fingerprint density at radius 3 is 2.32 bits per heavy atom. The summed E-state index contributed by atoms with van der Waals surface area (Å²) in [6, 6.07) is 16.4. The van der Waals surface area contributed by atoms with Crippen LogP contribution in [0.5, 0.6) is 0 Å². The Morgan fingerprint density at radius 2 is 1.72 bits per heavy atom. The molecule has 1 amide bonds. The first kappa shape index (κ1) is 19.1. The molecule has 0 fully saturated rings. The van der Waals surface area contributed by atoms with E-state index in [0.29, 0.717) is 6.54 Å². The highest BCUT2D eigenvalue weighted by Gasteiger charge is 2.20. The molecule has 0 bridgehead atoms. The molecular formula is C21H27FN2O. The lowest BCUT2D eigenvalue weighted by molar-refractivity contribution is -0.133. The summed E-state index contributed by atoms with van der Waals surface area (Å²) in [5.41, 5.74) is 2.14. The molecule has 134 valence electrons. The third kappa shape index (κ3) is 5.68. The standard InChI is InChI=1S/C21H27FN2O/c1-4-14-24(15-18-8-6-5-7-9-18)16-21(25)23(3)17(2)19-10-12-20(22)13-11-19/h5-13,17H,4,14-16H2,1-3H3. The molecule has 3 nitrogen and oxygen atoms in total. The van der Waals surface area contributed by atoms with E-state index < -0.39 is 0 Å². The Morgan fingerprint density at radius 1 is 1.08 bits per heavy atom. The van der Waals surface area contributed by atoms with Gasteiger partial charge in [0.25, 0.3) is 0 Å². The zero-order chi connectivity index (χ0) is 18.2. The van der Waals surface area contributed by atoms with Crippen LogP contribution in [-0.4, -0.2) is 35.8 Å². The maximum absolute atomic E-state index is 13.1. The van der Waals surface area contributed by atoms with E-state index in [1.54, 1.807) is 17.0 Å². The molecule has 0 saturated heterocycles. The third-order valence-electron chi connectivity index (χ3n) is 4.47. The molecule has 25 heavy (non-hydrogen) atoms. The number of hydrogen-bond donors (Lipinski definition) is 0. The second kappa shape index (κ2) is 9.33. The van der Waals surface area contributed by atoms with E-state index >= 15 is 0 Å². The summed E-state index contributed by atoms with van der Waals surface area (Å²) < 4.78 is 13.1. The largest absolute Gasteiger partial charge is 0.338 e. The average molecular weight is 342 g/mol. The van der Waals surface area contributed by atoms with E-state index in [1.807, 2.05) is 32.2 Å². The Balaban J connectivity index is 2.00. The van der Waals surface area contributed by atoms with Crippen LogP contribution >= 0.6 is 0 Å². The average Bonchev–Trinajstić information content (AvgIpc) is 2.62. The number of hydrogen-bond acceptors (Lipinski definition) is 2. The lowest BCUT2D eigenvalue weighted by Crippen LogP contribution is -2.39. The molecular weight excluding hydrogens is 315 g/mol. The number of amides is 1. The molecule has 0 radical (unpaired) electrons. The molecule has 0 saturated carbocycles. The van der Waals surface area contributed by atoms with E-state index in [0.717, 1.165) is 25.1 Å². The predicted molar refractivity (Wildman–Crippen MR) is 99.6 cm³/mol. The molecule has 0 aliphatic rings. The molecule has 0 aromatic heterocycles. The molecule has 2 aromatic rings. The Kier molecular flexibility index (Phi) is 7.14. The minimum atomic E-state index is -0.262. The summed E-state index contributed by atoms with van der Waals surface area (Å²) in [6.07, 6.45) is 0.997. The van der Waals surface area contributed by atoms with Gasteiger partial charge in [-0.1, -0.05) is 49.4 Å². The van der Waals surface area contributed by atoms with E-state index in [2.05, 4.69) is 24.0 Å². The van der Waals surface area contributed by atoms with Gasteiger partial charge in [0, 0.05) is 13.6 Å². The van der Waals surface area contributed by atoms with Gasteiger partial charge >= 0.3 is 0 Å². The van der Waals surface area contributed by atoms with Crippen LogP contribution in [0.25, 0.3) is 0 Å². The molecule has 0 spiro atoms. The molecule has 2 rings (SSSR count). The third-order valence-corrected chi connectivity index (χ3v) is 4.47. The minimum Gasteiger partial charge on any atom is -0.338 e. The quantitative estimate of drug-likeness (QED) is 0.716. The van der Waals surface area contributed by atoms with Crippen molar-refractivity contribution < 1.29 is 9.18 Å². The van der Waals surface area contributed by atoms with Gasteiger partial charge in [0.15, 0.2) is 0 Å². The predicted octanol–water partition coefficient (Wildman–Crippen LogP) is 4.26. The fraction of sp³-hybridized carbons (Fsp3) is 0.381. The van der Waals surface area contributed by atoms with E-state index in [9.17, 15) is 9.18 Å². The summed E-state index contributed by atoms with van der Waals surface area (Å²) in [4.78, 5) is 16.6. The normalized spacial score (nSPS) is 12.2. The molecule has 4 heteroatoms. The number of rotatable bonds is 8. The van der Waals surface area contributed by atoms with Crippen LogP contribution in [0.2, 0.25) is 0 Å². The lowest BCUT2D eigenvalue weighted by atomic mass is 10.1. The molecule has 1 unspecified atom stereocenters. The van der Waals surface area contributed by atoms with E-state index in [4.69, 9.17) is 0 Å². The fourth-order valence-corrected chi connectivity index (χ4v) is 2.86. The molecule has 0 aliphatic heterocycles. The smallest absolute Gasteiger partial charge is 0.237 e. The molecule has 0 aliphatic carbocycles. The van der Waals surface area contributed by atoms with Gasteiger partial charge in [-0.05, 0) is 43.1 Å². The highest BCUT2D eigenvalue weighted by Crippen LogP contribution is 2.19. The van der Waals surface area contributed by atoms with Gasteiger partial charge in [-0.15, -0.1) is 0 Å². The van der Waals surface area contributed by atoms with Crippen molar-refractivity contribution in [3.8, 4) is 0 Å². The number of nitrogens with zero attached hydrogens (tertiary/aromatic N) is 2. The van der Waals surface area contributed by atoms with Crippen molar-refractivity contribution in [2.45, 2.75) is 32.9 Å². The topological polar surface area (TPSA) is 23.6 Å². The Hall–Kier alpha value is -2.20. The summed E-state index contributed by atoms with van der Waals surface area (Å²) in [5.74, 6) is -0.192. The molecule has 0 heterocycles. The fourth-order valence-electron chi connectivity index (χ4n) is 2.86. The second-order valence-corrected chi connectivity index (χ2v) is 6.43. The summed E-state index contributed by atoms with van der Waals surface area (Å²) in [5, 5.41) is 0. The first-order valence-corrected chi connectivity index (χ1v) is 8.78. The van der Waals surface area contributed by atoms with Crippen LogP contribution in [0.4, 0.5) is 4.39 Å². The highest BCUT2D eigenvalue weighted by molar-refractivity contribution is 5.78. The van der Waals surface area contributed by atoms with Crippen LogP contribution in [-0.2, 0) is 11.3 Å². The van der Waals surface area contributed by atoms with Gasteiger partial charge in [0.05, 0.1) is 12.6 Å². The van der Waals surface area contributed by atoms with Crippen molar-refractivity contribution in [2.75, 3.05) is 20.1 Å². The molecule has 1 atom stereocenters. The first-order valence-electron chi connectivity index (χ1n) is 8.78. The van der Waals surface area contributed by atoms with Crippen molar-refractivity contribution in [1.82, 2.24) is 9.80 Å². The van der Waals surface area contributed by atoms with Crippen molar-refractivity contribution in [3.05, 3.63) is 71.5 Å². The van der Waals surface area contributed by atoms with Gasteiger partial charge in [-0.3, -0.25) is 9.69 Å². The van der Waals surface area contributed by atoms with Gasteiger partial charge in [-0.25, -0.2) is 4.39 Å². The van der Waals surface area contributed by atoms with E-state index in [-0.39, 0.29) is 17.8 Å².